The fraction of sp³-hybridized carbons (Fsp3) is 0.174. The first-order valence-electron chi connectivity index (χ1n) is 9.25. The number of nitrogens with one attached hydrogen (secondary N) is 2. The highest BCUT2D eigenvalue weighted by Gasteiger charge is 2.17. The molecule has 0 aliphatic rings. The molecule has 0 heterocycles. The molecule has 1 amide bonds. The topological polar surface area (TPSA) is 75.3 Å². The summed E-state index contributed by atoms with van der Waals surface area (Å²) >= 11 is 0. The molecule has 0 aliphatic carbocycles. The molecule has 3 rings (SSSR count). The molecule has 5 nitrogen and oxygen atoms in total. The van der Waals surface area contributed by atoms with Crippen molar-refractivity contribution in [2.24, 2.45) is 0 Å². The van der Waals surface area contributed by atoms with E-state index in [1.807, 2.05) is 18.2 Å². The number of carbonyl (C=O) groups is 1. The third-order valence-corrected chi connectivity index (χ3v) is 5.86. The highest BCUT2D eigenvalue weighted by Crippen LogP contribution is 2.24. The molecule has 0 saturated carbocycles. The zero-order chi connectivity index (χ0) is 21.1. The van der Waals surface area contributed by atoms with Gasteiger partial charge < -0.3 is 5.32 Å². The van der Waals surface area contributed by atoms with Crippen LogP contribution in [0.5, 0.6) is 0 Å². The van der Waals surface area contributed by atoms with E-state index in [9.17, 15) is 13.2 Å². The van der Waals surface area contributed by atoms with Crippen molar-refractivity contribution in [1.82, 2.24) is 0 Å². The van der Waals surface area contributed by atoms with Gasteiger partial charge in [0.25, 0.3) is 15.9 Å². The molecule has 0 atom stereocenters. The van der Waals surface area contributed by atoms with Gasteiger partial charge in [0, 0.05) is 16.9 Å². The molecule has 0 saturated heterocycles. The highest BCUT2D eigenvalue weighted by molar-refractivity contribution is 7.92. The molecule has 3 aromatic carbocycles. The molecule has 0 spiro atoms. The van der Waals surface area contributed by atoms with Gasteiger partial charge in [-0.25, -0.2) is 8.42 Å². The SMILES string of the molecule is CC(C)(C)c1ccc(S(=O)(=O)Nc2ccc(NC(=O)c3ccccc3)cc2)cc1. The molecular weight excluding hydrogens is 384 g/mol. The second kappa shape index (κ2) is 8.09. The normalized spacial score (nSPS) is 11.7. The van der Waals surface area contributed by atoms with Crippen molar-refractivity contribution in [2.75, 3.05) is 10.0 Å². The first-order valence-corrected chi connectivity index (χ1v) is 10.7. The van der Waals surface area contributed by atoms with Crippen LogP contribution < -0.4 is 10.0 Å². The van der Waals surface area contributed by atoms with Gasteiger partial charge in [-0.1, -0.05) is 51.1 Å². The molecule has 0 aliphatic heterocycles. The predicted molar refractivity (Wildman–Crippen MR) is 117 cm³/mol. The molecule has 0 unspecified atom stereocenters. The number of rotatable bonds is 5. The van der Waals surface area contributed by atoms with Gasteiger partial charge in [-0.05, 0) is 59.5 Å². The molecule has 150 valence electrons. The zero-order valence-corrected chi connectivity index (χ0v) is 17.5. The van der Waals surface area contributed by atoms with E-state index in [2.05, 4.69) is 30.8 Å². The molecule has 0 aromatic heterocycles. The molecule has 0 fully saturated rings. The van der Waals surface area contributed by atoms with Crippen LogP contribution in [-0.4, -0.2) is 14.3 Å². The van der Waals surface area contributed by atoms with Crippen molar-refractivity contribution in [3.8, 4) is 0 Å². The number of anilines is 2. The first kappa shape index (κ1) is 20.6. The quantitative estimate of drug-likeness (QED) is 0.621. The smallest absolute Gasteiger partial charge is 0.261 e. The third-order valence-electron chi connectivity index (χ3n) is 4.46. The van der Waals surface area contributed by atoms with E-state index in [1.54, 1.807) is 60.7 Å². The van der Waals surface area contributed by atoms with Crippen molar-refractivity contribution in [1.29, 1.82) is 0 Å². The number of carbonyl (C=O) groups excluding carboxylic acids is 1. The minimum atomic E-state index is -3.69. The monoisotopic (exact) mass is 408 g/mol. The maximum Gasteiger partial charge on any atom is 0.261 e. The lowest BCUT2D eigenvalue weighted by molar-refractivity contribution is 0.102. The fourth-order valence-corrected chi connectivity index (χ4v) is 3.82. The van der Waals surface area contributed by atoms with Gasteiger partial charge in [-0.2, -0.15) is 0 Å². The van der Waals surface area contributed by atoms with Crippen molar-refractivity contribution in [3.63, 3.8) is 0 Å². The summed E-state index contributed by atoms with van der Waals surface area (Å²) in [5.74, 6) is -0.224. The van der Waals surface area contributed by atoms with E-state index in [-0.39, 0.29) is 16.2 Å². The maximum atomic E-state index is 12.6. The Morgan fingerprint density at radius 1 is 0.759 bits per heavy atom. The largest absolute Gasteiger partial charge is 0.322 e. The van der Waals surface area contributed by atoms with Gasteiger partial charge in [0.1, 0.15) is 0 Å². The predicted octanol–water partition coefficient (Wildman–Crippen LogP) is 5.04. The van der Waals surface area contributed by atoms with E-state index in [0.717, 1.165) is 5.56 Å². The van der Waals surface area contributed by atoms with Crippen molar-refractivity contribution in [3.05, 3.63) is 90.0 Å². The first-order chi connectivity index (χ1) is 13.6. The zero-order valence-electron chi connectivity index (χ0n) is 16.6. The highest BCUT2D eigenvalue weighted by atomic mass is 32.2. The number of sulfonamides is 1. The number of amides is 1. The summed E-state index contributed by atoms with van der Waals surface area (Å²) in [6, 6.07) is 22.3. The summed E-state index contributed by atoms with van der Waals surface area (Å²) < 4.78 is 27.8. The standard InChI is InChI=1S/C23H24N2O3S/c1-23(2,3)18-9-15-21(16-10-18)29(27,28)25-20-13-11-19(12-14-20)24-22(26)17-7-5-4-6-8-17/h4-16,25H,1-3H3,(H,24,26). The van der Waals surface area contributed by atoms with Gasteiger partial charge in [-0.3, -0.25) is 9.52 Å². The van der Waals surface area contributed by atoms with Crippen LogP contribution >= 0.6 is 0 Å². The van der Waals surface area contributed by atoms with Crippen LogP contribution in [0.1, 0.15) is 36.7 Å². The van der Waals surface area contributed by atoms with Crippen LogP contribution in [-0.2, 0) is 15.4 Å². The summed E-state index contributed by atoms with van der Waals surface area (Å²) in [5, 5.41) is 2.78. The third kappa shape index (κ3) is 5.23. The maximum absolute atomic E-state index is 12.6. The Kier molecular flexibility index (Phi) is 5.75. The average molecular weight is 409 g/mol. The summed E-state index contributed by atoms with van der Waals surface area (Å²) in [6.45, 7) is 6.23. The lowest BCUT2D eigenvalue weighted by atomic mass is 9.87. The number of hydrogen-bond acceptors (Lipinski definition) is 3. The van der Waals surface area contributed by atoms with Gasteiger partial charge in [0.15, 0.2) is 0 Å². The van der Waals surface area contributed by atoms with Crippen molar-refractivity contribution >= 4 is 27.3 Å². The summed E-state index contributed by atoms with van der Waals surface area (Å²) in [7, 11) is -3.69. The van der Waals surface area contributed by atoms with E-state index in [0.29, 0.717) is 16.9 Å². The van der Waals surface area contributed by atoms with Gasteiger partial charge in [0.05, 0.1) is 4.90 Å². The van der Waals surface area contributed by atoms with Gasteiger partial charge >= 0.3 is 0 Å². The number of benzene rings is 3. The van der Waals surface area contributed by atoms with E-state index in [4.69, 9.17) is 0 Å². The van der Waals surface area contributed by atoms with Crippen LogP contribution in [0.3, 0.4) is 0 Å². The molecule has 0 bridgehead atoms. The Morgan fingerprint density at radius 2 is 1.31 bits per heavy atom. The fourth-order valence-electron chi connectivity index (χ4n) is 2.76. The molecule has 6 heteroatoms. The van der Waals surface area contributed by atoms with Gasteiger partial charge in [0.2, 0.25) is 0 Å². The average Bonchev–Trinajstić information content (AvgIpc) is 2.69. The Morgan fingerprint density at radius 3 is 1.86 bits per heavy atom. The second-order valence-corrected chi connectivity index (χ2v) is 9.46. The Labute approximate surface area is 171 Å². The van der Waals surface area contributed by atoms with Crippen LogP contribution in [0.4, 0.5) is 11.4 Å². The Balaban J connectivity index is 1.69. The van der Waals surface area contributed by atoms with E-state index < -0.39 is 10.0 Å². The van der Waals surface area contributed by atoms with Crippen molar-refractivity contribution in [2.45, 2.75) is 31.1 Å². The summed E-state index contributed by atoms with van der Waals surface area (Å²) in [4.78, 5) is 12.4. The molecule has 3 aromatic rings. The minimum absolute atomic E-state index is 0.0459. The number of hydrogen-bond donors (Lipinski definition) is 2. The molecular formula is C23H24N2O3S. The lowest BCUT2D eigenvalue weighted by Crippen LogP contribution is -2.15. The van der Waals surface area contributed by atoms with Crippen LogP contribution in [0.25, 0.3) is 0 Å². The Hall–Kier alpha value is -3.12. The summed E-state index contributed by atoms with van der Waals surface area (Å²) in [6.07, 6.45) is 0. The van der Waals surface area contributed by atoms with Crippen molar-refractivity contribution < 1.29 is 13.2 Å². The summed E-state index contributed by atoms with van der Waals surface area (Å²) in [5.41, 5.74) is 2.57. The second-order valence-electron chi connectivity index (χ2n) is 7.78. The molecule has 2 N–H and O–H groups in total. The van der Waals surface area contributed by atoms with Crippen LogP contribution in [0.2, 0.25) is 0 Å². The minimum Gasteiger partial charge on any atom is -0.322 e. The molecule has 29 heavy (non-hydrogen) atoms. The molecule has 0 radical (unpaired) electrons. The van der Waals surface area contributed by atoms with Crippen LogP contribution in [0, 0.1) is 0 Å². The van der Waals surface area contributed by atoms with E-state index >= 15 is 0 Å². The Bertz CT molecular complexity index is 1080. The van der Waals surface area contributed by atoms with Gasteiger partial charge in [-0.15, -0.1) is 0 Å². The van der Waals surface area contributed by atoms with Crippen LogP contribution in [0.15, 0.2) is 83.8 Å². The van der Waals surface area contributed by atoms with E-state index in [1.165, 1.54) is 0 Å². The lowest BCUT2D eigenvalue weighted by Gasteiger charge is -2.19.